The van der Waals surface area contributed by atoms with Crippen molar-refractivity contribution in [3.63, 3.8) is 0 Å². The summed E-state index contributed by atoms with van der Waals surface area (Å²) in [6, 6.07) is 19.4. The zero-order valence-electron chi connectivity index (χ0n) is 20.7. The first kappa shape index (κ1) is 21.9. The Morgan fingerprint density at radius 3 is 2.43 bits per heavy atom. The molecule has 4 aliphatic rings. The van der Waals surface area contributed by atoms with Gasteiger partial charge in [-0.1, -0.05) is 97.1 Å². The molecule has 2 heterocycles. The van der Waals surface area contributed by atoms with Gasteiger partial charge in [-0.25, -0.2) is 15.0 Å². The fraction of sp³-hybridized carbons (Fsp3) is 0.182. The van der Waals surface area contributed by atoms with Gasteiger partial charge in [0.05, 0.1) is 6.04 Å². The summed E-state index contributed by atoms with van der Waals surface area (Å²) in [5.74, 6) is 2.64. The summed E-state index contributed by atoms with van der Waals surface area (Å²) in [7, 11) is 0. The number of anilines is 1. The molecule has 0 amide bonds. The molecule has 0 radical (unpaired) electrons. The molecule has 2 atom stereocenters. The molecular weight excluding hydrogens is 452 g/mol. The molecule has 4 nitrogen and oxygen atoms in total. The van der Waals surface area contributed by atoms with Crippen LogP contribution >= 0.6 is 0 Å². The maximum atomic E-state index is 5.01. The van der Waals surface area contributed by atoms with Gasteiger partial charge in [0.25, 0.3) is 0 Å². The first-order valence-corrected chi connectivity index (χ1v) is 13.2. The molecule has 2 unspecified atom stereocenters. The lowest BCUT2D eigenvalue weighted by molar-refractivity contribution is 0.701. The van der Waals surface area contributed by atoms with Crippen LogP contribution in [0, 0.1) is 0 Å². The van der Waals surface area contributed by atoms with Crippen molar-refractivity contribution < 1.29 is 0 Å². The Morgan fingerprint density at radius 2 is 1.54 bits per heavy atom. The Morgan fingerprint density at radius 1 is 0.730 bits per heavy atom. The molecule has 0 N–H and O–H groups in total. The van der Waals surface area contributed by atoms with Crippen molar-refractivity contribution >= 4 is 16.8 Å². The van der Waals surface area contributed by atoms with Crippen molar-refractivity contribution in [1.82, 2.24) is 15.0 Å². The van der Waals surface area contributed by atoms with Gasteiger partial charge in [0, 0.05) is 28.4 Å². The van der Waals surface area contributed by atoms with E-state index < -0.39 is 0 Å². The highest BCUT2D eigenvalue weighted by molar-refractivity contribution is 5.78. The van der Waals surface area contributed by atoms with Crippen LogP contribution in [-0.4, -0.2) is 21.0 Å². The molecule has 7 rings (SSSR count). The second kappa shape index (κ2) is 9.29. The van der Waals surface area contributed by atoms with Crippen molar-refractivity contribution in [1.29, 1.82) is 0 Å². The largest absolute Gasteiger partial charge is 0.337 e. The van der Waals surface area contributed by atoms with E-state index >= 15 is 0 Å². The van der Waals surface area contributed by atoms with E-state index in [9.17, 15) is 0 Å². The van der Waals surface area contributed by atoms with Gasteiger partial charge in [0.15, 0.2) is 17.5 Å². The van der Waals surface area contributed by atoms with E-state index in [0.717, 1.165) is 54.3 Å². The third-order valence-electron chi connectivity index (χ3n) is 7.58. The van der Waals surface area contributed by atoms with Gasteiger partial charge in [0.2, 0.25) is 0 Å². The van der Waals surface area contributed by atoms with Crippen LogP contribution < -0.4 is 4.90 Å². The lowest BCUT2D eigenvalue weighted by atomic mass is 9.91. The minimum atomic E-state index is 0.306. The Labute approximate surface area is 217 Å². The summed E-state index contributed by atoms with van der Waals surface area (Å²) in [6.07, 6.45) is 24.0. The van der Waals surface area contributed by atoms with Gasteiger partial charge in [-0.3, -0.25) is 0 Å². The second-order valence-electron chi connectivity index (χ2n) is 9.88. The minimum absolute atomic E-state index is 0.306. The number of rotatable bonds is 4. The van der Waals surface area contributed by atoms with Crippen molar-refractivity contribution in [3.8, 4) is 11.4 Å². The van der Waals surface area contributed by atoms with Gasteiger partial charge >= 0.3 is 0 Å². The molecule has 3 aromatic rings. The van der Waals surface area contributed by atoms with Crippen LogP contribution in [0.15, 0.2) is 115 Å². The normalized spacial score (nSPS) is 21.7. The summed E-state index contributed by atoms with van der Waals surface area (Å²) in [5.41, 5.74) is 7.28. The van der Waals surface area contributed by atoms with Crippen molar-refractivity contribution in [2.24, 2.45) is 0 Å². The summed E-state index contributed by atoms with van der Waals surface area (Å²) in [5, 5.41) is 0. The van der Waals surface area contributed by atoms with Crippen LogP contribution in [0.2, 0.25) is 0 Å². The van der Waals surface area contributed by atoms with Crippen LogP contribution in [0.5, 0.6) is 0 Å². The lowest BCUT2D eigenvalue weighted by Gasteiger charge is -2.32. The topological polar surface area (TPSA) is 41.9 Å². The summed E-state index contributed by atoms with van der Waals surface area (Å²) in [6.45, 7) is 0. The number of aromatic nitrogens is 3. The SMILES string of the molecule is C1=CCCC(c2nc(C3=CCCC(N4c5ccccc5C5C=CC=CC54)=C3)nc(-c3ccccc3)n2)=C1. The van der Waals surface area contributed by atoms with Crippen LogP contribution in [-0.2, 0) is 0 Å². The monoisotopic (exact) mass is 480 g/mol. The highest BCUT2D eigenvalue weighted by atomic mass is 15.2. The smallest absolute Gasteiger partial charge is 0.164 e. The molecule has 4 heteroatoms. The Bertz CT molecular complexity index is 1540. The van der Waals surface area contributed by atoms with E-state index in [4.69, 9.17) is 15.0 Å². The molecule has 1 aromatic heterocycles. The van der Waals surface area contributed by atoms with E-state index in [1.807, 2.05) is 18.2 Å². The number of benzene rings is 2. The van der Waals surface area contributed by atoms with E-state index in [1.165, 1.54) is 22.5 Å². The first-order valence-electron chi connectivity index (χ1n) is 13.2. The molecule has 2 aromatic carbocycles. The second-order valence-corrected chi connectivity index (χ2v) is 9.88. The first-order chi connectivity index (χ1) is 18.3. The maximum absolute atomic E-state index is 5.01. The van der Waals surface area contributed by atoms with Gasteiger partial charge in [-0.05, 0) is 49.0 Å². The van der Waals surface area contributed by atoms with Crippen molar-refractivity contribution in [2.75, 3.05) is 4.90 Å². The molecular formula is C33H28N4. The number of allylic oxidation sites excluding steroid dienone is 10. The Balaban J connectivity index is 1.32. The molecule has 0 saturated heterocycles. The van der Waals surface area contributed by atoms with Gasteiger partial charge < -0.3 is 4.90 Å². The molecule has 0 saturated carbocycles. The quantitative estimate of drug-likeness (QED) is 0.389. The fourth-order valence-electron chi connectivity index (χ4n) is 5.81. The van der Waals surface area contributed by atoms with Crippen LogP contribution in [0.1, 0.15) is 48.8 Å². The third kappa shape index (κ3) is 3.99. The minimum Gasteiger partial charge on any atom is -0.337 e. The predicted octanol–water partition coefficient (Wildman–Crippen LogP) is 7.43. The Kier molecular flexibility index (Phi) is 5.51. The molecule has 37 heavy (non-hydrogen) atoms. The molecule has 3 aliphatic carbocycles. The summed E-state index contributed by atoms with van der Waals surface area (Å²) in [4.78, 5) is 17.4. The van der Waals surface area contributed by atoms with Gasteiger partial charge in [-0.2, -0.15) is 0 Å². The van der Waals surface area contributed by atoms with Crippen LogP contribution in [0.4, 0.5) is 5.69 Å². The number of para-hydroxylation sites is 1. The van der Waals surface area contributed by atoms with E-state index in [-0.39, 0.29) is 0 Å². The zero-order valence-corrected chi connectivity index (χ0v) is 20.7. The number of nitrogens with zero attached hydrogens (tertiary/aromatic N) is 4. The average Bonchev–Trinajstić information content (AvgIpc) is 3.32. The van der Waals surface area contributed by atoms with E-state index in [0.29, 0.717) is 12.0 Å². The van der Waals surface area contributed by atoms with Crippen molar-refractivity contribution in [2.45, 2.75) is 37.6 Å². The highest BCUT2D eigenvalue weighted by Gasteiger charge is 2.38. The molecule has 0 fully saturated rings. The maximum Gasteiger partial charge on any atom is 0.164 e. The predicted molar refractivity (Wildman–Crippen MR) is 151 cm³/mol. The molecule has 1 aliphatic heterocycles. The third-order valence-corrected chi connectivity index (χ3v) is 7.58. The lowest BCUT2D eigenvalue weighted by Crippen LogP contribution is -2.32. The number of fused-ring (bicyclic) bond motifs is 3. The Hall–Kier alpha value is -4.31. The number of hydrogen-bond donors (Lipinski definition) is 0. The van der Waals surface area contributed by atoms with Crippen molar-refractivity contribution in [3.05, 3.63) is 132 Å². The van der Waals surface area contributed by atoms with Crippen LogP contribution in [0.3, 0.4) is 0 Å². The molecule has 180 valence electrons. The van der Waals surface area contributed by atoms with E-state index in [2.05, 4.69) is 96.0 Å². The highest BCUT2D eigenvalue weighted by Crippen LogP contribution is 2.47. The van der Waals surface area contributed by atoms with Gasteiger partial charge in [0.1, 0.15) is 0 Å². The van der Waals surface area contributed by atoms with Crippen LogP contribution in [0.25, 0.3) is 22.5 Å². The van der Waals surface area contributed by atoms with Gasteiger partial charge in [-0.15, -0.1) is 0 Å². The standard InChI is InChI=1S/C33H28N4/c1-3-12-23(13-4-1)31-34-32(24-14-5-2-6-15-24)36-33(35-31)25-16-11-17-26(22-25)37-29-20-9-7-18-27(29)28-19-8-10-21-30(28)37/h1-5,7-10,12-14,16,18-22,27,29H,6,11,15,17H2. The summed E-state index contributed by atoms with van der Waals surface area (Å²) >= 11 is 0. The van der Waals surface area contributed by atoms with E-state index in [1.54, 1.807) is 0 Å². The fourth-order valence-corrected chi connectivity index (χ4v) is 5.81. The number of hydrogen-bond acceptors (Lipinski definition) is 4. The average molecular weight is 481 g/mol. The zero-order chi connectivity index (χ0) is 24.6. The molecule has 0 bridgehead atoms. The molecule has 0 spiro atoms. The summed E-state index contributed by atoms with van der Waals surface area (Å²) < 4.78 is 0.